The van der Waals surface area contributed by atoms with Crippen LogP contribution in [0.4, 0.5) is 0 Å². The number of rotatable bonds is 2. The number of methoxy groups -OCH3 is 1. The normalized spacial score (nSPS) is 9.64. The first kappa shape index (κ1) is 7.81. The Hall–Kier alpha value is -1.29. The Bertz CT molecular complexity index is 292. The van der Waals surface area contributed by atoms with Crippen LogP contribution in [0.25, 0.3) is 0 Å². The molecule has 1 heterocycles. The van der Waals surface area contributed by atoms with E-state index in [1.807, 2.05) is 0 Å². The number of aliphatic hydroxyl groups is 1. The van der Waals surface area contributed by atoms with Gasteiger partial charge in [0.1, 0.15) is 5.75 Å². The molecule has 0 saturated heterocycles. The highest BCUT2D eigenvalue weighted by Crippen LogP contribution is 2.12. The molecular weight excluding hydrogens is 146 g/mol. The molecule has 1 rings (SSSR count). The molecule has 0 atom stereocenters. The van der Waals surface area contributed by atoms with Crippen LogP contribution in [-0.2, 0) is 6.61 Å². The molecule has 0 aliphatic carbocycles. The topological polar surface area (TPSA) is 62.3 Å². The molecule has 4 heteroatoms. The minimum absolute atomic E-state index is 0.187. The second-order valence-corrected chi connectivity index (χ2v) is 2.05. The zero-order chi connectivity index (χ0) is 8.27. The highest BCUT2D eigenvalue weighted by molar-refractivity contribution is 5.28. The number of aromatic amines is 1. The van der Waals surface area contributed by atoms with Gasteiger partial charge in [-0.1, -0.05) is 0 Å². The third-order valence-corrected chi connectivity index (χ3v) is 1.36. The molecule has 1 aromatic rings. The smallest absolute Gasteiger partial charge is 0.248 e. The fourth-order valence-corrected chi connectivity index (χ4v) is 0.814. The second-order valence-electron chi connectivity index (χ2n) is 2.05. The van der Waals surface area contributed by atoms with Crippen LogP contribution in [0.3, 0.4) is 0 Å². The molecular formula is C7H9NO3. The first-order valence-corrected chi connectivity index (χ1v) is 3.14. The lowest BCUT2D eigenvalue weighted by atomic mass is 10.2. The average molecular weight is 155 g/mol. The van der Waals surface area contributed by atoms with Gasteiger partial charge in [0, 0.05) is 17.8 Å². The number of H-pyrrole nitrogens is 1. The summed E-state index contributed by atoms with van der Waals surface area (Å²) in [6.45, 7) is -0.187. The summed E-state index contributed by atoms with van der Waals surface area (Å²) in [7, 11) is 1.48. The van der Waals surface area contributed by atoms with E-state index in [1.54, 1.807) is 0 Å². The monoisotopic (exact) mass is 155 g/mol. The summed E-state index contributed by atoms with van der Waals surface area (Å²) < 4.78 is 4.86. The molecule has 0 bridgehead atoms. The molecule has 11 heavy (non-hydrogen) atoms. The number of hydrogen-bond donors (Lipinski definition) is 2. The van der Waals surface area contributed by atoms with Crippen molar-refractivity contribution in [2.45, 2.75) is 6.61 Å². The van der Waals surface area contributed by atoms with E-state index in [0.29, 0.717) is 11.3 Å². The Morgan fingerprint density at radius 2 is 2.45 bits per heavy atom. The molecule has 2 N–H and O–H groups in total. The largest absolute Gasteiger partial charge is 0.495 e. The highest BCUT2D eigenvalue weighted by Gasteiger charge is 2.00. The number of hydrogen-bond acceptors (Lipinski definition) is 3. The van der Waals surface area contributed by atoms with E-state index < -0.39 is 0 Å². The van der Waals surface area contributed by atoms with Crippen LogP contribution in [-0.4, -0.2) is 17.2 Å². The summed E-state index contributed by atoms with van der Waals surface area (Å²) in [5.41, 5.74) is 0.256. The molecule has 0 amide bonds. The van der Waals surface area contributed by atoms with Gasteiger partial charge in [-0.05, 0) is 0 Å². The van der Waals surface area contributed by atoms with E-state index in [9.17, 15) is 4.79 Å². The minimum atomic E-state index is -0.241. The van der Waals surface area contributed by atoms with Gasteiger partial charge in [0.05, 0.1) is 13.7 Å². The van der Waals surface area contributed by atoms with Gasteiger partial charge in [-0.15, -0.1) is 0 Å². The Morgan fingerprint density at radius 1 is 1.73 bits per heavy atom. The van der Waals surface area contributed by atoms with Crippen LogP contribution in [0, 0.1) is 0 Å². The number of nitrogens with one attached hydrogen (secondary N) is 1. The first-order chi connectivity index (χ1) is 5.27. The van der Waals surface area contributed by atoms with Crippen LogP contribution in [0.2, 0.25) is 0 Å². The fraction of sp³-hybridized carbons (Fsp3) is 0.286. The fourth-order valence-electron chi connectivity index (χ4n) is 0.814. The molecule has 0 aliphatic heterocycles. The Morgan fingerprint density at radius 3 is 3.00 bits per heavy atom. The van der Waals surface area contributed by atoms with Gasteiger partial charge in [-0.25, -0.2) is 0 Å². The summed E-state index contributed by atoms with van der Waals surface area (Å²) >= 11 is 0. The second kappa shape index (κ2) is 3.21. The van der Waals surface area contributed by atoms with Crippen molar-refractivity contribution in [2.24, 2.45) is 0 Å². The van der Waals surface area contributed by atoms with Gasteiger partial charge >= 0.3 is 0 Å². The van der Waals surface area contributed by atoms with E-state index in [-0.39, 0.29) is 12.2 Å². The van der Waals surface area contributed by atoms with Gasteiger partial charge in [-0.2, -0.15) is 0 Å². The van der Waals surface area contributed by atoms with Crippen molar-refractivity contribution >= 4 is 0 Å². The van der Waals surface area contributed by atoms with Gasteiger partial charge < -0.3 is 14.8 Å². The van der Waals surface area contributed by atoms with Crippen molar-refractivity contribution in [1.82, 2.24) is 4.98 Å². The number of ether oxygens (including phenoxy) is 1. The van der Waals surface area contributed by atoms with Crippen LogP contribution >= 0.6 is 0 Å². The zero-order valence-electron chi connectivity index (χ0n) is 6.13. The summed E-state index contributed by atoms with van der Waals surface area (Å²) in [6, 6.07) is 1.30. The number of aromatic nitrogens is 1. The molecule has 0 aliphatic rings. The lowest BCUT2D eigenvalue weighted by molar-refractivity contribution is 0.273. The lowest BCUT2D eigenvalue weighted by Crippen LogP contribution is -2.06. The predicted molar refractivity (Wildman–Crippen MR) is 39.5 cm³/mol. The quantitative estimate of drug-likeness (QED) is 0.625. The van der Waals surface area contributed by atoms with Crippen LogP contribution in [0.5, 0.6) is 5.75 Å². The van der Waals surface area contributed by atoms with Gasteiger partial charge in [0.2, 0.25) is 5.56 Å². The maximum atomic E-state index is 10.7. The van der Waals surface area contributed by atoms with Crippen molar-refractivity contribution in [3.05, 3.63) is 28.2 Å². The Balaban J connectivity index is 3.16. The summed E-state index contributed by atoms with van der Waals surface area (Å²) in [5.74, 6) is 0.493. The first-order valence-electron chi connectivity index (χ1n) is 3.14. The molecule has 0 fully saturated rings. The van der Waals surface area contributed by atoms with Gasteiger partial charge in [0.25, 0.3) is 0 Å². The van der Waals surface area contributed by atoms with Gasteiger partial charge in [-0.3, -0.25) is 4.79 Å². The zero-order valence-corrected chi connectivity index (χ0v) is 6.13. The van der Waals surface area contributed by atoms with Crippen LogP contribution < -0.4 is 10.3 Å². The molecule has 0 aromatic carbocycles. The van der Waals surface area contributed by atoms with Gasteiger partial charge in [0.15, 0.2) is 0 Å². The van der Waals surface area contributed by atoms with E-state index >= 15 is 0 Å². The molecule has 0 spiro atoms. The maximum Gasteiger partial charge on any atom is 0.248 e. The summed E-state index contributed by atoms with van der Waals surface area (Å²) in [4.78, 5) is 13.1. The lowest BCUT2D eigenvalue weighted by Gasteiger charge is -2.02. The average Bonchev–Trinajstić information content (AvgIpc) is 2.04. The molecule has 60 valence electrons. The standard InChI is InChI=1S/C7H9NO3/c1-11-6-3-8-7(10)2-5(6)4-9/h2-3,9H,4H2,1H3,(H,8,10). The van der Waals surface area contributed by atoms with Crippen molar-refractivity contribution in [1.29, 1.82) is 0 Å². The number of aliphatic hydroxyl groups excluding tert-OH is 1. The third-order valence-electron chi connectivity index (χ3n) is 1.36. The maximum absolute atomic E-state index is 10.7. The SMILES string of the molecule is COc1c[nH]c(=O)cc1CO. The van der Waals surface area contributed by atoms with Crippen molar-refractivity contribution in [3.63, 3.8) is 0 Å². The van der Waals surface area contributed by atoms with E-state index in [2.05, 4.69) is 4.98 Å². The van der Waals surface area contributed by atoms with E-state index in [1.165, 1.54) is 19.4 Å². The van der Waals surface area contributed by atoms with E-state index in [0.717, 1.165) is 0 Å². The summed E-state index contributed by atoms with van der Waals surface area (Å²) in [5, 5.41) is 8.74. The van der Waals surface area contributed by atoms with Crippen LogP contribution in [0.1, 0.15) is 5.56 Å². The molecule has 1 aromatic heterocycles. The highest BCUT2D eigenvalue weighted by atomic mass is 16.5. The van der Waals surface area contributed by atoms with Crippen molar-refractivity contribution < 1.29 is 9.84 Å². The Labute approximate surface area is 63.5 Å². The van der Waals surface area contributed by atoms with Crippen LogP contribution in [0.15, 0.2) is 17.1 Å². The van der Waals surface area contributed by atoms with E-state index in [4.69, 9.17) is 9.84 Å². The molecule has 0 saturated carbocycles. The van der Waals surface area contributed by atoms with Crippen molar-refractivity contribution in [3.8, 4) is 5.75 Å². The Kier molecular flexibility index (Phi) is 2.28. The molecule has 4 nitrogen and oxygen atoms in total. The predicted octanol–water partition coefficient (Wildman–Crippen LogP) is -0.124. The van der Waals surface area contributed by atoms with Crippen molar-refractivity contribution in [2.75, 3.05) is 7.11 Å². The third kappa shape index (κ3) is 1.59. The molecule has 0 unspecified atom stereocenters. The number of pyridine rings is 1. The summed E-state index contributed by atoms with van der Waals surface area (Å²) in [6.07, 6.45) is 1.42. The minimum Gasteiger partial charge on any atom is -0.495 e. The molecule has 0 radical (unpaired) electrons.